The van der Waals surface area contributed by atoms with Crippen molar-refractivity contribution in [1.82, 2.24) is 19.3 Å². The SMILES string of the molecule is COC1CCN(c2nc(C3CC3)cc3cnc(NC4CCN(S(C)(=O)=O)CC4)nc23)CC1. The third-order valence-electron chi connectivity index (χ3n) is 6.89. The van der Waals surface area contributed by atoms with E-state index in [2.05, 4.69) is 21.3 Å². The Hall–Kier alpha value is -2.04. The second kappa shape index (κ2) is 8.72. The zero-order valence-electron chi connectivity index (χ0n) is 18.8. The van der Waals surface area contributed by atoms with Crippen LogP contribution in [0.15, 0.2) is 12.3 Å². The van der Waals surface area contributed by atoms with Crippen LogP contribution in [0.3, 0.4) is 0 Å². The van der Waals surface area contributed by atoms with Gasteiger partial charge in [0.1, 0.15) is 5.52 Å². The van der Waals surface area contributed by atoms with Crippen LogP contribution in [0.25, 0.3) is 10.9 Å². The topological polar surface area (TPSA) is 101 Å². The maximum Gasteiger partial charge on any atom is 0.223 e. The maximum absolute atomic E-state index is 11.8. The molecule has 1 saturated carbocycles. The number of fused-ring (bicyclic) bond motifs is 1. The normalized spacial score (nSPS) is 21.9. The molecule has 0 unspecified atom stereocenters. The largest absolute Gasteiger partial charge is 0.381 e. The fraction of sp³-hybridized carbons (Fsp3) is 0.682. The van der Waals surface area contributed by atoms with Gasteiger partial charge in [0.2, 0.25) is 16.0 Å². The molecule has 174 valence electrons. The van der Waals surface area contributed by atoms with Gasteiger partial charge in [0.05, 0.1) is 12.4 Å². The summed E-state index contributed by atoms with van der Waals surface area (Å²) >= 11 is 0. The number of anilines is 2. The molecule has 0 amide bonds. The minimum absolute atomic E-state index is 0.157. The highest BCUT2D eigenvalue weighted by atomic mass is 32.2. The van der Waals surface area contributed by atoms with Gasteiger partial charge in [-0.15, -0.1) is 0 Å². The fourth-order valence-electron chi connectivity index (χ4n) is 4.74. The lowest BCUT2D eigenvalue weighted by atomic mass is 10.1. The average Bonchev–Trinajstić information content (AvgIpc) is 3.64. The molecule has 2 aromatic heterocycles. The highest BCUT2D eigenvalue weighted by molar-refractivity contribution is 7.88. The first kappa shape index (κ1) is 21.8. The zero-order valence-corrected chi connectivity index (χ0v) is 19.6. The Balaban J connectivity index is 1.38. The second-order valence-electron chi connectivity index (χ2n) is 9.28. The number of hydrogen-bond acceptors (Lipinski definition) is 8. The van der Waals surface area contributed by atoms with Crippen molar-refractivity contribution in [3.8, 4) is 0 Å². The molecule has 2 aliphatic heterocycles. The molecule has 2 aromatic rings. The Morgan fingerprint density at radius 3 is 2.38 bits per heavy atom. The minimum atomic E-state index is -3.13. The first-order valence-corrected chi connectivity index (χ1v) is 13.4. The Labute approximate surface area is 189 Å². The molecule has 4 heterocycles. The summed E-state index contributed by atoms with van der Waals surface area (Å²) in [5, 5.41) is 4.46. The molecule has 32 heavy (non-hydrogen) atoms. The van der Waals surface area contributed by atoms with Crippen LogP contribution in [-0.2, 0) is 14.8 Å². The van der Waals surface area contributed by atoms with Crippen LogP contribution in [0.4, 0.5) is 11.8 Å². The molecule has 2 saturated heterocycles. The van der Waals surface area contributed by atoms with Gasteiger partial charge < -0.3 is 15.0 Å². The number of methoxy groups -OCH3 is 1. The van der Waals surface area contributed by atoms with Crippen LogP contribution in [0.1, 0.15) is 50.1 Å². The molecular formula is C22H32N6O3S. The number of hydrogen-bond donors (Lipinski definition) is 1. The molecule has 1 N–H and O–H groups in total. The van der Waals surface area contributed by atoms with E-state index in [-0.39, 0.29) is 6.04 Å². The summed E-state index contributed by atoms with van der Waals surface area (Å²) in [6.45, 7) is 2.86. The molecule has 1 aliphatic carbocycles. The number of nitrogens with zero attached hydrogens (tertiary/aromatic N) is 5. The lowest BCUT2D eigenvalue weighted by molar-refractivity contribution is 0.0818. The molecular weight excluding hydrogens is 428 g/mol. The van der Waals surface area contributed by atoms with Gasteiger partial charge in [-0.3, -0.25) is 0 Å². The van der Waals surface area contributed by atoms with E-state index in [0.717, 1.165) is 61.2 Å². The minimum Gasteiger partial charge on any atom is -0.381 e. The number of piperidine rings is 2. The Kier molecular flexibility index (Phi) is 5.94. The van der Waals surface area contributed by atoms with E-state index < -0.39 is 10.0 Å². The summed E-state index contributed by atoms with van der Waals surface area (Å²) in [5.74, 6) is 2.10. The van der Waals surface area contributed by atoms with Crippen molar-refractivity contribution in [2.24, 2.45) is 0 Å². The quantitative estimate of drug-likeness (QED) is 0.701. The predicted octanol–water partition coefficient (Wildman–Crippen LogP) is 2.35. The van der Waals surface area contributed by atoms with Crippen LogP contribution in [-0.4, -0.2) is 79.4 Å². The van der Waals surface area contributed by atoms with E-state index in [4.69, 9.17) is 14.7 Å². The number of rotatable bonds is 6. The molecule has 0 atom stereocenters. The van der Waals surface area contributed by atoms with E-state index in [0.29, 0.717) is 31.1 Å². The standard InChI is InChI=1S/C22H32N6O3S/c1-31-18-7-9-27(10-8-18)21-20-16(13-19(25-21)15-3-4-15)14-23-22(26-20)24-17-5-11-28(12-6-17)32(2,29)30/h13-15,17-18H,3-12H2,1-2H3,(H,23,24,26). The van der Waals surface area contributed by atoms with E-state index in [1.54, 1.807) is 7.11 Å². The van der Waals surface area contributed by atoms with E-state index in [1.165, 1.54) is 23.4 Å². The highest BCUT2D eigenvalue weighted by Gasteiger charge is 2.29. The smallest absolute Gasteiger partial charge is 0.223 e. The molecule has 0 bridgehead atoms. The van der Waals surface area contributed by atoms with Gasteiger partial charge in [-0.2, -0.15) is 0 Å². The molecule has 0 radical (unpaired) electrons. The van der Waals surface area contributed by atoms with Crippen LogP contribution < -0.4 is 10.2 Å². The van der Waals surface area contributed by atoms with Crippen molar-refractivity contribution in [3.05, 3.63) is 18.0 Å². The Morgan fingerprint density at radius 2 is 1.75 bits per heavy atom. The third kappa shape index (κ3) is 4.67. The van der Waals surface area contributed by atoms with Crippen molar-refractivity contribution in [2.75, 3.05) is 49.8 Å². The maximum atomic E-state index is 11.8. The summed E-state index contributed by atoms with van der Waals surface area (Å²) in [7, 11) is -1.34. The van der Waals surface area contributed by atoms with E-state index >= 15 is 0 Å². The Bertz CT molecular complexity index is 1070. The van der Waals surface area contributed by atoms with Crippen molar-refractivity contribution >= 4 is 32.7 Å². The Morgan fingerprint density at radius 1 is 1.03 bits per heavy atom. The molecule has 10 heteroatoms. The number of ether oxygens (including phenoxy) is 1. The summed E-state index contributed by atoms with van der Waals surface area (Å²) in [6, 6.07) is 2.30. The van der Waals surface area contributed by atoms with Gasteiger partial charge in [-0.25, -0.2) is 27.7 Å². The van der Waals surface area contributed by atoms with Gasteiger partial charge in [0.25, 0.3) is 0 Å². The number of pyridine rings is 1. The molecule has 0 spiro atoms. The van der Waals surface area contributed by atoms with Gasteiger partial charge >= 0.3 is 0 Å². The van der Waals surface area contributed by atoms with Gasteiger partial charge in [-0.1, -0.05) is 0 Å². The van der Waals surface area contributed by atoms with Crippen molar-refractivity contribution in [1.29, 1.82) is 0 Å². The lowest BCUT2D eigenvalue weighted by Crippen LogP contribution is -2.42. The number of sulfonamides is 1. The monoisotopic (exact) mass is 460 g/mol. The third-order valence-corrected chi connectivity index (χ3v) is 8.20. The molecule has 9 nitrogen and oxygen atoms in total. The molecule has 0 aromatic carbocycles. The van der Waals surface area contributed by atoms with Crippen LogP contribution in [0, 0.1) is 0 Å². The van der Waals surface area contributed by atoms with Gasteiger partial charge in [-0.05, 0) is 44.6 Å². The first-order chi connectivity index (χ1) is 15.4. The fourth-order valence-corrected chi connectivity index (χ4v) is 5.61. The van der Waals surface area contributed by atoms with Crippen LogP contribution in [0.2, 0.25) is 0 Å². The van der Waals surface area contributed by atoms with E-state index in [1.807, 2.05) is 6.20 Å². The molecule has 3 fully saturated rings. The second-order valence-corrected chi connectivity index (χ2v) is 11.3. The van der Waals surface area contributed by atoms with Gasteiger partial charge in [0.15, 0.2) is 5.82 Å². The van der Waals surface area contributed by atoms with E-state index in [9.17, 15) is 8.42 Å². The van der Waals surface area contributed by atoms with Crippen molar-refractivity contribution in [3.63, 3.8) is 0 Å². The summed E-state index contributed by atoms with van der Waals surface area (Å²) in [6.07, 6.45) is 9.35. The average molecular weight is 461 g/mol. The first-order valence-electron chi connectivity index (χ1n) is 11.6. The van der Waals surface area contributed by atoms with Crippen molar-refractivity contribution < 1.29 is 13.2 Å². The molecule has 3 aliphatic rings. The van der Waals surface area contributed by atoms with Crippen molar-refractivity contribution in [2.45, 2.75) is 56.6 Å². The predicted molar refractivity (Wildman–Crippen MR) is 125 cm³/mol. The lowest BCUT2D eigenvalue weighted by Gasteiger charge is -2.33. The number of nitrogens with one attached hydrogen (secondary N) is 1. The summed E-state index contributed by atoms with van der Waals surface area (Å²) < 4.78 is 30.6. The molecule has 5 rings (SSSR count). The van der Waals surface area contributed by atoms with Crippen LogP contribution in [0.5, 0.6) is 0 Å². The number of aromatic nitrogens is 3. The van der Waals surface area contributed by atoms with Gasteiger partial charge in [0, 0.05) is 62.5 Å². The highest BCUT2D eigenvalue weighted by Crippen LogP contribution is 2.41. The summed E-state index contributed by atoms with van der Waals surface area (Å²) in [4.78, 5) is 16.9. The zero-order chi connectivity index (χ0) is 22.3. The van der Waals surface area contributed by atoms with Crippen LogP contribution >= 0.6 is 0 Å². The summed E-state index contributed by atoms with van der Waals surface area (Å²) in [5.41, 5.74) is 2.04.